The second-order valence-corrected chi connectivity index (χ2v) is 10.3. The Labute approximate surface area is 194 Å². The number of carbonyl (C=O) groups excluding carboxylic acids is 1. The van der Waals surface area contributed by atoms with Crippen LogP contribution in [0.25, 0.3) is 0 Å². The van der Waals surface area contributed by atoms with Gasteiger partial charge in [0.2, 0.25) is 5.91 Å². The summed E-state index contributed by atoms with van der Waals surface area (Å²) in [6.07, 6.45) is 3.00. The van der Waals surface area contributed by atoms with Crippen LogP contribution in [-0.4, -0.2) is 43.2 Å². The van der Waals surface area contributed by atoms with E-state index in [1.54, 1.807) is 0 Å². The second kappa shape index (κ2) is 9.85. The van der Waals surface area contributed by atoms with Crippen molar-refractivity contribution in [3.05, 3.63) is 70.2 Å². The molecule has 31 heavy (non-hydrogen) atoms. The van der Waals surface area contributed by atoms with Gasteiger partial charge in [0, 0.05) is 29.5 Å². The van der Waals surface area contributed by atoms with E-state index in [9.17, 15) is 4.79 Å². The zero-order valence-electron chi connectivity index (χ0n) is 18.5. The molecule has 4 nitrogen and oxygen atoms in total. The van der Waals surface area contributed by atoms with Crippen LogP contribution in [0, 0.1) is 5.92 Å². The van der Waals surface area contributed by atoms with Crippen LogP contribution in [0.15, 0.2) is 59.1 Å². The Kier molecular flexibility index (Phi) is 7.15. The molecule has 1 saturated carbocycles. The first-order chi connectivity index (χ1) is 14.9. The lowest BCUT2D eigenvalue weighted by molar-refractivity contribution is -0.129. The van der Waals surface area contributed by atoms with Crippen LogP contribution in [0.5, 0.6) is 0 Å². The maximum absolute atomic E-state index is 13.6. The number of amides is 1. The van der Waals surface area contributed by atoms with Crippen molar-refractivity contribution in [3.63, 3.8) is 0 Å². The molecule has 0 unspecified atom stereocenters. The summed E-state index contributed by atoms with van der Waals surface area (Å²) < 4.78 is 6.63. The summed E-state index contributed by atoms with van der Waals surface area (Å²) in [5, 5.41) is 3.37. The molecule has 2 aromatic rings. The Bertz CT molecular complexity index is 863. The molecule has 0 bridgehead atoms. The molecule has 2 aliphatic rings. The molecule has 5 heteroatoms. The van der Waals surface area contributed by atoms with Crippen molar-refractivity contribution in [2.45, 2.75) is 50.6 Å². The standard InChI is InChI=1S/C26H33BrN2O2/c1-26(2,20-6-4-3-5-7-20)28-25(30)23-13-12-22(29-14-16-31-17-15-29)18-24(23)19-8-10-21(27)11-9-19/h3-11,22-24H,12-18H2,1-2H3,(H,28,30)/t22-,23-,24+/m1/s1. The predicted molar refractivity (Wildman–Crippen MR) is 128 cm³/mol. The first-order valence-electron chi connectivity index (χ1n) is 11.4. The van der Waals surface area contributed by atoms with E-state index in [0.717, 1.165) is 55.6 Å². The molecule has 2 fully saturated rings. The number of hydrogen-bond acceptors (Lipinski definition) is 3. The lowest BCUT2D eigenvalue weighted by atomic mass is 9.72. The van der Waals surface area contributed by atoms with Gasteiger partial charge in [-0.25, -0.2) is 0 Å². The average molecular weight is 485 g/mol. The summed E-state index contributed by atoms with van der Waals surface area (Å²) in [6, 6.07) is 19.3. The number of hydrogen-bond donors (Lipinski definition) is 1. The fraction of sp³-hybridized carbons (Fsp3) is 0.500. The monoisotopic (exact) mass is 484 g/mol. The molecule has 166 valence electrons. The molecular weight excluding hydrogens is 452 g/mol. The summed E-state index contributed by atoms with van der Waals surface area (Å²) in [6.45, 7) is 7.80. The third kappa shape index (κ3) is 5.39. The molecule has 0 radical (unpaired) electrons. The second-order valence-electron chi connectivity index (χ2n) is 9.36. The van der Waals surface area contributed by atoms with Crippen LogP contribution < -0.4 is 5.32 Å². The van der Waals surface area contributed by atoms with Crippen LogP contribution in [0.1, 0.15) is 50.2 Å². The van der Waals surface area contributed by atoms with Crippen LogP contribution in [0.2, 0.25) is 0 Å². The topological polar surface area (TPSA) is 41.6 Å². The maximum Gasteiger partial charge on any atom is 0.224 e. The van der Waals surface area contributed by atoms with Crippen molar-refractivity contribution >= 4 is 21.8 Å². The van der Waals surface area contributed by atoms with E-state index in [4.69, 9.17) is 4.74 Å². The van der Waals surface area contributed by atoms with Crippen molar-refractivity contribution in [2.75, 3.05) is 26.3 Å². The van der Waals surface area contributed by atoms with E-state index < -0.39 is 5.54 Å². The van der Waals surface area contributed by atoms with Crippen molar-refractivity contribution in [3.8, 4) is 0 Å². The van der Waals surface area contributed by atoms with E-state index in [1.165, 1.54) is 5.56 Å². The van der Waals surface area contributed by atoms with Crippen molar-refractivity contribution in [1.29, 1.82) is 0 Å². The average Bonchev–Trinajstić information content (AvgIpc) is 2.80. The van der Waals surface area contributed by atoms with Crippen molar-refractivity contribution in [2.24, 2.45) is 5.92 Å². The number of ether oxygens (including phenoxy) is 1. The van der Waals surface area contributed by atoms with Crippen LogP contribution in [-0.2, 0) is 15.1 Å². The molecule has 1 heterocycles. The van der Waals surface area contributed by atoms with Gasteiger partial charge < -0.3 is 10.1 Å². The van der Waals surface area contributed by atoms with Crippen LogP contribution >= 0.6 is 15.9 Å². The number of rotatable bonds is 5. The Morgan fingerprint density at radius 3 is 2.39 bits per heavy atom. The quantitative estimate of drug-likeness (QED) is 0.642. The van der Waals surface area contributed by atoms with Gasteiger partial charge in [0.15, 0.2) is 0 Å². The minimum atomic E-state index is -0.399. The number of nitrogens with zero attached hydrogens (tertiary/aromatic N) is 1. The summed E-state index contributed by atoms with van der Waals surface area (Å²) in [5.74, 6) is 0.380. The smallest absolute Gasteiger partial charge is 0.224 e. The lowest BCUT2D eigenvalue weighted by Crippen LogP contribution is -2.50. The number of morpholine rings is 1. The summed E-state index contributed by atoms with van der Waals surface area (Å²) in [7, 11) is 0. The third-order valence-electron chi connectivity index (χ3n) is 6.95. The molecule has 4 rings (SSSR count). The molecule has 3 atom stereocenters. The molecule has 1 aliphatic carbocycles. The van der Waals surface area contributed by atoms with Gasteiger partial charge in [0.1, 0.15) is 0 Å². The van der Waals surface area contributed by atoms with Gasteiger partial charge in [-0.1, -0.05) is 58.4 Å². The van der Waals surface area contributed by atoms with Crippen LogP contribution in [0.4, 0.5) is 0 Å². The Balaban J connectivity index is 1.54. The number of nitrogens with one attached hydrogen (secondary N) is 1. The number of halogens is 1. The minimum Gasteiger partial charge on any atom is -0.379 e. The molecule has 1 amide bonds. The lowest BCUT2D eigenvalue weighted by Gasteiger charge is -2.43. The molecule has 0 aromatic heterocycles. The summed E-state index contributed by atoms with van der Waals surface area (Å²) >= 11 is 3.55. The van der Waals surface area contributed by atoms with E-state index in [-0.39, 0.29) is 17.7 Å². The Hall–Kier alpha value is -1.69. The molecular formula is C26H33BrN2O2. The van der Waals surface area contributed by atoms with Gasteiger partial charge in [-0.05, 0) is 62.3 Å². The summed E-state index contributed by atoms with van der Waals surface area (Å²) in [4.78, 5) is 16.1. The molecule has 1 N–H and O–H groups in total. The van der Waals surface area contributed by atoms with Crippen molar-refractivity contribution in [1.82, 2.24) is 10.2 Å². The highest BCUT2D eigenvalue weighted by Gasteiger charge is 2.39. The highest BCUT2D eigenvalue weighted by molar-refractivity contribution is 9.10. The van der Waals surface area contributed by atoms with Gasteiger partial charge in [0.25, 0.3) is 0 Å². The minimum absolute atomic E-state index is 0.0125. The molecule has 1 aliphatic heterocycles. The highest BCUT2D eigenvalue weighted by atomic mass is 79.9. The van der Waals surface area contributed by atoms with Gasteiger partial charge in [-0.15, -0.1) is 0 Å². The van der Waals surface area contributed by atoms with Gasteiger partial charge in [0.05, 0.1) is 18.8 Å². The Morgan fingerprint density at radius 2 is 1.71 bits per heavy atom. The third-order valence-corrected chi connectivity index (χ3v) is 7.48. The molecule has 1 saturated heterocycles. The SMILES string of the molecule is CC(C)(NC(=O)[C@@H]1CC[C@@H](N2CCOCC2)C[C@H]1c1ccc(Br)cc1)c1ccccc1. The van der Waals surface area contributed by atoms with Crippen LogP contribution in [0.3, 0.4) is 0 Å². The summed E-state index contributed by atoms with van der Waals surface area (Å²) in [5.41, 5.74) is 1.99. The first-order valence-corrected chi connectivity index (χ1v) is 12.2. The number of carbonyl (C=O) groups is 1. The van der Waals surface area contributed by atoms with E-state index in [2.05, 4.69) is 76.4 Å². The fourth-order valence-corrected chi connectivity index (χ4v) is 5.41. The molecule has 2 aromatic carbocycles. The van der Waals surface area contributed by atoms with Gasteiger partial charge in [-0.2, -0.15) is 0 Å². The van der Waals surface area contributed by atoms with Gasteiger partial charge in [-0.3, -0.25) is 9.69 Å². The van der Waals surface area contributed by atoms with E-state index in [1.807, 2.05) is 18.2 Å². The Morgan fingerprint density at radius 1 is 1.03 bits per heavy atom. The van der Waals surface area contributed by atoms with Crippen molar-refractivity contribution < 1.29 is 9.53 Å². The normalized spacial score (nSPS) is 25.2. The van der Waals surface area contributed by atoms with E-state index in [0.29, 0.717) is 6.04 Å². The largest absolute Gasteiger partial charge is 0.379 e. The zero-order chi connectivity index (χ0) is 21.8. The zero-order valence-corrected chi connectivity index (χ0v) is 20.1. The highest BCUT2D eigenvalue weighted by Crippen LogP contribution is 2.41. The maximum atomic E-state index is 13.6. The van der Waals surface area contributed by atoms with E-state index >= 15 is 0 Å². The first kappa shape index (κ1) is 22.5. The fourth-order valence-electron chi connectivity index (χ4n) is 5.14. The van der Waals surface area contributed by atoms with Gasteiger partial charge >= 0.3 is 0 Å². The number of benzene rings is 2. The predicted octanol–water partition coefficient (Wildman–Crippen LogP) is 5.09. The molecule has 0 spiro atoms.